The van der Waals surface area contributed by atoms with Gasteiger partial charge < -0.3 is 10.2 Å². The third kappa shape index (κ3) is 2.68. The van der Waals surface area contributed by atoms with Crippen molar-refractivity contribution in [1.82, 2.24) is 0 Å². The van der Waals surface area contributed by atoms with Crippen molar-refractivity contribution in [2.75, 3.05) is 0 Å². The smallest absolute Gasteiger partial charge is 0.336 e. The van der Waals surface area contributed by atoms with Gasteiger partial charge in [-0.25, -0.2) is 9.59 Å². The Labute approximate surface area is 114 Å². The summed E-state index contributed by atoms with van der Waals surface area (Å²) in [5.74, 6) is -4.14. The minimum Gasteiger partial charge on any atom is -0.478 e. The van der Waals surface area contributed by atoms with Gasteiger partial charge in [-0.1, -0.05) is 25.7 Å². The maximum absolute atomic E-state index is 12.0. The first-order valence-corrected chi connectivity index (χ1v) is 5.76. The average molecular weight is 280 g/mol. The number of hydrogen-bond donors (Lipinski definition) is 2. The maximum Gasteiger partial charge on any atom is 0.336 e. The lowest BCUT2D eigenvalue weighted by atomic mass is 9.80. The summed E-state index contributed by atoms with van der Waals surface area (Å²) in [7, 11) is 0. The Bertz CT molecular complexity index is 580. The van der Waals surface area contributed by atoms with Gasteiger partial charge in [0.1, 0.15) is 0 Å². The number of hydrogen-bond acceptors (Lipinski definition) is 4. The second-order valence-corrected chi connectivity index (χ2v) is 4.66. The van der Waals surface area contributed by atoms with Crippen LogP contribution in [0.15, 0.2) is 34.9 Å². The lowest BCUT2D eigenvalue weighted by Crippen LogP contribution is -2.28. The number of thiocarbonyl (C=S) groups is 1. The molecule has 0 aromatic carbocycles. The van der Waals surface area contributed by atoms with E-state index in [0.29, 0.717) is 0 Å². The summed E-state index contributed by atoms with van der Waals surface area (Å²) in [5, 5.41) is 18.3. The molecule has 6 heteroatoms. The van der Waals surface area contributed by atoms with Crippen LogP contribution in [0.5, 0.6) is 0 Å². The third-order valence-corrected chi connectivity index (χ3v) is 3.23. The normalized spacial score (nSPS) is 18.9. The van der Waals surface area contributed by atoms with Crippen molar-refractivity contribution in [3.8, 4) is 0 Å². The van der Waals surface area contributed by atoms with Gasteiger partial charge in [-0.3, -0.25) is 4.79 Å². The number of carbonyl (C=O) groups excluding carboxylic acids is 1. The van der Waals surface area contributed by atoms with Crippen molar-refractivity contribution in [2.24, 2.45) is 5.92 Å². The first kappa shape index (κ1) is 15.0. The first-order valence-electron chi connectivity index (χ1n) is 5.35. The molecule has 0 saturated heterocycles. The number of ketones is 1. The predicted molar refractivity (Wildman–Crippen MR) is 72.0 cm³/mol. The molecule has 0 amide bonds. The van der Waals surface area contributed by atoms with E-state index < -0.39 is 29.2 Å². The lowest BCUT2D eigenvalue weighted by Gasteiger charge is -2.22. The topological polar surface area (TPSA) is 91.7 Å². The standard InChI is InChI=1S/C13H12O5S/c1-5(2)11(14)10-7(12(15)16)4-8(19)6(3)9(10)13(17)18/h4,6H,1H2,2-3H3,(H,15,16)(H,17,18). The highest BCUT2D eigenvalue weighted by Gasteiger charge is 2.35. The van der Waals surface area contributed by atoms with Crippen LogP contribution >= 0.6 is 12.2 Å². The minimum atomic E-state index is -1.39. The van der Waals surface area contributed by atoms with Gasteiger partial charge in [-0.2, -0.15) is 0 Å². The predicted octanol–water partition coefficient (Wildman–Crippen LogP) is 1.54. The zero-order chi connectivity index (χ0) is 14.9. The van der Waals surface area contributed by atoms with Crippen LogP contribution in [0, 0.1) is 5.92 Å². The van der Waals surface area contributed by atoms with Crippen LogP contribution in [0.1, 0.15) is 13.8 Å². The molecule has 1 aliphatic rings. The number of carboxylic acids is 2. The van der Waals surface area contributed by atoms with Crippen LogP contribution < -0.4 is 0 Å². The molecule has 1 atom stereocenters. The van der Waals surface area contributed by atoms with E-state index in [1.807, 2.05) is 0 Å². The quantitative estimate of drug-likeness (QED) is 0.599. The van der Waals surface area contributed by atoms with Crippen molar-refractivity contribution in [3.63, 3.8) is 0 Å². The molecule has 0 saturated carbocycles. The molecule has 0 heterocycles. The van der Waals surface area contributed by atoms with E-state index in [1.54, 1.807) is 0 Å². The Morgan fingerprint density at radius 1 is 1.26 bits per heavy atom. The van der Waals surface area contributed by atoms with E-state index in [0.717, 1.165) is 6.08 Å². The lowest BCUT2D eigenvalue weighted by molar-refractivity contribution is -0.133. The molecule has 0 radical (unpaired) electrons. The SMILES string of the molecule is C=C(C)C(=O)C1=C(C(=O)O)C(C)C(=S)C=C1C(=O)O. The van der Waals surface area contributed by atoms with Crippen LogP contribution in [0.3, 0.4) is 0 Å². The summed E-state index contributed by atoms with van der Waals surface area (Å²) in [6.45, 7) is 6.35. The molecule has 2 N–H and O–H groups in total. The van der Waals surface area contributed by atoms with E-state index in [-0.39, 0.29) is 21.6 Å². The first-order chi connectivity index (χ1) is 8.68. The minimum absolute atomic E-state index is 0.0703. The molecule has 0 aromatic rings. The number of carbonyl (C=O) groups is 3. The number of rotatable bonds is 4. The molecule has 1 unspecified atom stereocenters. The van der Waals surface area contributed by atoms with Crippen LogP contribution in [0.2, 0.25) is 0 Å². The fourth-order valence-corrected chi connectivity index (χ4v) is 2.00. The molecule has 0 aromatic heterocycles. The highest BCUT2D eigenvalue weighted by molar-refractivity contribution is 7.80. The van der Waals surface area contributed by atoms with Gasteiger partial charge in [0.05, 0.1) is 11.1 Å². The monoisotopic (exact) mass is 280 g/mol. The van der Waals surface area contributed by atoms with Gasteiger partial charge in [0, 0.05) is 16.4 Å². The van der Waals surface area contributed by atoms with Crippen molar-refractivity contribution < 1.29 is 24.6 Å². The Hall–Kier alpha value is -2.08. The summed E-state index contributed by atoms with van der Waals surface area (Å²) in [4.78, 5) is 34.7. The fourth-order valence-electron chi connectivity index (χ4n) is 1.76. The largest absolute Gasteiger partial charge is 0.478 e. The Balaban J connectivity index is 3.66. The van der Waals surface area contributed by atoms with E-state index in [9.17, 15) is 19.5 Å². The van der Waals surface area contributed by atoms with Crippen LogP contribution in [-0.4, -0.2) is 32.8 Å². The molecule has 0 fully saturated rings. The van der Waals surface area contributed by atoms with E-state index in [2.05, 4.69) is 6.58 Å². The van der Waals surface area contributed by atoms with E-state index >= 15 is 0 Å². The molecule has 5 nitrogen and oxygen atoms in total. The second-order valence-electron chi connectivity index (χ2n) is 4.19. The van der Waals surface area contributed by atoms with Gasteiger partial charge in [0.15, 0.2) is 5.78 Å². The van der Waals surface area contributed by atoms with Crippen molar-refractivity contribution in [1.29, 1.82) is 0 Å². The molecule has 1 rings (SSSR count). The van der Waals surface area contributed by atoms with Gasteiger partial charge in [0.25, 0.3) is 0 Å². The van der Waals surface area contributed by atoms with Crippen LogP contribution in [0.4, 0.5) is 0 Å². The molecule has 0 bridgehead atoms. The van der Waals surface area contributed by atoms with Crippen molar-refractivity contribution >= 4 is 34.8 Å². The van der Waals surface area contributed by atoms with Gasteiger partial charge >= 0.3 is 11.9 Å². The molecule has 0 aliphatic heterocycles. The second kappa shape index (κ2) is 5.27. The summed E-state index contributed by atoms with van der Waals surface area (Å²) in [6, 6.07) is 0. The van der Waals surface area contributed by atoms with Crippen LogP contribution in [0.25, 0.3) is 0 Å². The van der Waals surface area contributed by atoms with Crippen LogP contribution in [-0.2, 0) is 14.4 Å². The average Bonchev–Trinajstić information content (AvgIpc) is 2.29. The van der Waals surface area contributed by atoms with Crippen molar-refractivity contribution in [3.05, 3.63) is 34.9 Å². The Morgan fingerprint density at radius 2 is 1.79 bits per heavy atom. The number of aliphatic carboxylic acids is 2. The Kier molecular flexibility index (Phi) is 4.16. The summed E-state index contributed by atoms with van der Waals surface area (Å²) in [6.07, 6.45) is 1.16. The maximum atomic E-state index is 12.0. The van der Waals surface area contributed by atoms with E-state index in [1.165, 1.54) is 13.8 Å². The molecule has 19 heavy (non-hydrogen) atoms. The number of Topliss-reactive ketones (excluding diaryl/α,β-unsaturated/α-hetero) is 1. The molecular weight excluding hydrogens is 268 g/mol. The highest BCUT2D eigenvalue weighted by atomic mass is 32.1. The number of carboxylic acid groups (broad SMARTS) is 2. The summed E-state index contributed by atoms with van der Waals surface area (Å²) < 4.78 is 0. The third-order valence-electron chi connectivity index (χ3n) is 2.76. The van der Waals surface area contributed by atoms with Gasteiger partial charge in [0.2, 0.25) is 0 Å². The molecule has 0 spiro atoms. The molecule has 1 aliphatic carbocycles. The molecule has 100 valence electrons. The Morgan fingerprint density at radius 3 is 2.16 bits per heavy atom. The fraction of sp³-hybridized carbons (Fsp3) is 0.231. The zero-order valence-corrected chi connectivity index (χ0v) is 11.2. The van der Waals surface area contributed by atoms with Gasteiger partial charge in [-0.05, 0) is 18.6 Å². The number of allylic oxidation sites excluding steroid dienone is 2. The van der Waals surface area contributed by atoms with Crippen molar-refractivity contribution in [2.45, 2.75) is 13.8 Å². The van der Waals surface area contributed by atoms with E-state index in [4.69, 9.17) is 17.3 Å². The van der Waals surface area contributed by atoms with Gasteiger partial charge in [-0.15, -0.1) is 0 Å². The summed E-state index contributed by atoms with van der Waals surface area (Å²) in [5.41, 5.74) is -0.957. The summed E-state index contributed by atoms with van der Waals surface area (Å²) >= 11 is 4.96. The molecular formula is C13H12O5S. The highest BCUT2D eigenvalue weighted by Crippen LogP contribution is 2.31. The zero-order valence-electron chi connectivity index (χ0n) is 10.4.